The Morgan fingerprint density at radius 3 is 2.14 bits per heavy atom. The number of carbonyl (C=O) groups excluding carboxylic acids is 1. The van der Waals surface area contributed by atoms with Gasteiger partial charge in [-0.05, 0) is 84.3 Å². The molecule has 0 saturated heterocycles. The van der Waals surface area contributed by atoms with Gasteiger partial charge in [0.05, 0.1) is 19.6 Å². The number of nitrogens with zero attached hydrogens (tertiary/aromatic N) is 1. The van der Waals surface area contributed by atoms with E-state index >= 15 is 0 Å². The lowest BCUT2D eigenvalue weighted by Gasteiger charge is -2.30. The summed E-state index contributed by atoms with van der Waals surface area (Å²) in [6, 6.07) is 21.3. The molecule has 36 heavy (non-hydrogen) atoms. The average Bonchev–Trinajstić information content (AvgIpc) is 2.90. The second kappa shape index (κ2) is 10.9. The summed E-state index contributed by atoms with van der Waals surface area (Å²) in [5.41, 5.74) is 4.81. The Balaban J connectivity index is 1.47. The van der Waals surface area contributed by atoms with Gasteiger partial charge in [0.25, 0.3) is 5.91 Å². The molecule has 8 rings (SSSR count). The highest BCUT2D eigenvalue weighted by Crippen LogP contribution is 2.32. The van der Waals surface area contributed by atoms with E-state index in [9.17, 15) is 14.7 Å². The number of aliphatic carboxylic acids is 1. The Morgan fingerprint density at radius 1 is 0.833 bits per heavy atom. The molecule has 0 aromatic heterocycles. The lowest BCUT2D eigenvalue weighted by Crippen LogP contribution is -2.36. The maximum atomic E-state index is 13.2. The van der Waals surface area contributed by atoms with Gasteiger partial charge in [-0.1, -0.05) is 30.3 Å². The normalized spacial score (nSPS) is 18.2. The van der Waals surface area contributed by atoms with Crippen LogP contribution in [0.5, 0.6) is 11.5 Å². The minimum Gasteiger partial charge on any atom is -0.494 e. The van der Waals surface area contributed by atoms with Crippen LogP contribution in [-0.4, -0.2) is 41.6 Å². The molecule has 5 aliphatic heterocycles. The first-order chi connectivity index (χ1) is 17.6. The number of amides is 1. The van der Waals surface area contributed by atoms with Crippen molar-refractivity contribution in [2.24, 2.45) is 0 Å². The summed E-state index contributed by atoms with van der Waals surface area (Å²) in [5.74, 6) is 0.425. The van der Waals surface area contributed by atoms with Crippen molar-refractivity contribution < 1.29 is 24.2 Å². The summed E-state index contributed by atoms with van der Waals surface area (Å²) in [5, 5.41) is 9.64. The number of rotatable bonds is 2. The molecule has 6 nitrogen and oxygen atoms in total. The molecule has 0 fully saturated rings. The summed E-state index contributed by atoms with van der Waals surface area (Å²) >= 11 is 0. The zero-order chi connectivity index (χ0) is 24.9. The van der Waals surface area contributed by atoms with Crippen molar-refractivity contribution in [3.63, 3.8) is 0 Å². The van der Waals surface area contributed by atoms with Crippen LogP contribution in [0.3, 0.4) is 0 Å². The van der Waals surface area contributed by atoms with Gasteiger partial charge in [-0.2, -0.15) is 0 Å². The maximum Gasteiger partial charge on any atom is 0.304 e. The second-order valence-electron chi connectivity index (χ2n) is 9.51. The highest BCUT2D eigenvalue weighted by Gasteiger charge is 2.24. The number of carboxylic acids is 1. The van der Waals surface area contributed by atoms with Crippen LogP contribution in [0.2, 0.25) is 0 Å². The predicted octanol–water partition coefficient (Wildman–Crippen LogP) is 5.43. The SMILES string of the molecule is O=C(O)CC1c2ccc(cc2)OCCCCCOc2ccc(cc2)C(=O)N2CCc3ccc1cc3C2. The van der Waals surface area contributed by atoms with Gasteiger partial charge in [-0.3, -0.25) is 9.59 Å². The van der Waals surface area contributed by atoms with Crippen LogP contribution in [0.25, 0.3) is 0 Å². The molecule has 6 heteroatoms. The van der Waals surface area contributed by atoms with Crippen LogP contribution in [0.1, 0.15) is 64.2 Å². The third-order valence-electron chi connectivity index (χ3n) is 7.02. The molecule has 7 bridgehead atoms. The van der Waals surface area contributed by atoms with E-state index in [0.717, 1.165) is 53.9 Å². The second-order valence-corrected chi connectivity index (χ2v) is 9.51. The molecule has 3 aromatic rings. The molecular formula is C30H31NO5. The van der Waals surface area contributed by atoms with Gasteiger partial charge in [0.15, 0.2) is 0 Å². The molecule has 1 N–H and O–H groups in total. The highest BCUT2D eigenvalue weighted by molar-refractivity contribution is 5.94. The van der Waals surface area contributed by atoms with Crippen molar-refractivity contribution >= 4 is 11.9 Å². The fraction of sp³-hybridized carbons (Fsp3) is 0.333. The molecule has 1 amide bonds. The largest absolute Gasteiger partial charge is 0.494 e. The standard InChI is InChI=1S/C30H31NO5/c32-29(33)19-28-22-6-10-26(11-7-22)35-16-2-1-3-17-36-27-12-8-23(9-13-27)30(34)31-15-14-21-4-5-24(28)18-25(21)20-31/h4-13,18,28H,1-3,14-17,19-20H2,(H,32,33). The third kappa shape index (κ3) is 5.54. The average molecular weight is 486 g/mol. The molecule has 0 spiro atoms. The van der Waals surface area contributed by atoms with E-state index in [1.807, 2.05) is 59.5 Å². The smallest absolute Gasteiger partial charge is 0.304 e. The van der Waals surface area contributed by atoms with Crippen molar-refractivity contribution in [3.8, 4) is 11.5 Å². The maximum absolute atomic E-state index is 13.2. The lowest BCUT2D eigenvalue weighted by molar-refractivity contribution is -0.137. The minimum absolute atomic E-state index is 0.00239. The molecule has 0 saturated carbocycles. The van der Waals surface area contributed by atoms with Crippen LogP contribution in [0.15, 0.2) is 66.7 Å². The summed E-state index contributed by atoms with van der Waals surface area (Å²) in [6.45, 7) is 2.41. The van der Waals surface area contributed by atoms with Gasteiger partial charge < -0.3 is 19.5 Å². The number of hydrogen-bond acceptors (Lipinski definition) is 4. The van der Waals surface area contributed by atoms with Gasteiger partial charge in [0, 0.05) is 24.6 Å². The Morgan fingerprint density at radius 2 is 1.47 bits per heavy atom. The first-order valence-electron chi connectivity index (χ1n) is 12.7. The van der Waals surface area contributed by atoms with Gasteiger partial charge in [0.1, 0.15) is 11.5 Å². The predicted molar refractivity (Wildman–Crippen MR) is 137 cm³/mol. The third-order valence-corrected chi connectivity index (χ3v) is 7.02. The van der Waals surface area contributed by atoms with Crippen LogP contribution < -0.4 is 9.47 Å². The van der Waals surface area contributed by atoms with Crippen LogP contribution >= 0.6 is 0 Å². The molecule has 186 valence electrons. The summed E-state index contributed by atoms with van der Waals surface area (Å²) in [6.07, 6.45) is 3.61. The molecule has 1 unspecified atom stereocenters. The van der Waals surface area contributed by atoms with E-state index in [4.69, 9.17) is 9.47 Å². The molecular weight excluding hydrogens is 454 g/mol. The molecule has 5 heterocycles. The van der Waals surface area contributed by atoms with Crippen molar-refractivity contribution in [1.82, 2.24) is 4.90 Å². The van der Waals surface area contributed by atoms with Crippen LogP contribution in [0, 0.1) is 0 Å². The van der Waals surface area contributed by atoms with Crippen molar-refractivity contribution in [1.29, 1.82) is 0 Å². The summed E-state index contributed by atoms with van der Waals surface area (Å²) in [4.78, 5) is 26.9. The fourth-order valence-corrected chi connectivity index (χ4v) is 5.00. The van der Waals surface area contributed by atoms with Crippen LogP contribution in [-0.2, 0) is 17.8 Å². The van der Waals surface area contributed by atoms with E-state index < -0.39 is 5.97 Å². The zero-order valence-electron chi connectivity index (χ0n) is 20.3. The number of benzene rings is 3. The molecule has 5 aliphatic rings. The molecule has 0 radical (unpaired) electrons. The molecule has 3 aromatic carbocycles. The van der Waals surface area contributed by atoms with Gasteiger partial charge in [-0.25, -0.2) is 0 Å². The number of ether oxygens (including phenoxy) is 2. The lowest BCUT2D eigenvalue weighted by atomic mass is 9.85. The number of hydrogen-bond donors (Lipinski definition) is 1. The van der Waals surface area contributed by atoms with Crippen molar-refractivity contribution in [3.05, 3.63) is 94.5 Å². The van der Waals surface area contributed by atoms with E-state index in [2.05, 4.69) is 12.1 Å². The first-order valence-corrected chi connectivity index (χ1v) is 12.7. The summed E-state index contributed by atoms with van der Waals surface area (Å²) < 4.78 is 11.7. The quantitative estimate of drug-likeness (QED) is 0.524. The van der Waals surface area contributed by atoms with Crippen LogP contribution in [0.4, 0.5) is 0 Å². The Labute approximate surface area is 211 Å². The summed E-state index contributed by atoms with van der Waals surface area (Å²) in [7, 11) is 0. The molecule has 1 atom stereocenters. The van der Waals surface area contributed by atoms with Crippen molar-refractivity contribution in [2.45, 2.75) is 44.6 Å². The zero-order valence-corrected chi connectivity index (χ0v) is 20.3. The van der Waals surface area contributed by atoms with Gasteiger partial charge in [0.2, 0.25) is 0 Å². The van der Waals surface area contributed by atoms with E-state index in [-0.39, 0.29) is 18.2 Å². The topological polar surface area (TPSA) is 76.1 Å². The monoisotopic (exact) mass is 485 g/mol. The fourth-order valence-electron chi connectivity index (χ4n) is 5.00. The number of carbonyl (C=O) groups is 2. The van der Waals surface area contributed by atoms with Gasteiger partial charge in [-0.15, -0.1) is 0 Å². The van der Waals surface area contributed by atoms with E-state index in [0.29, 0.717) is 31.9 Å². The first kappa shape index (κ1) is 23.9. The van der Waals surface area contributed by atoms with Gasteiger partial charge >= 0.3 is 5.97 Å². The van der Waals surface area contributed by atoms with E-state index in [1.165, 1.54) is 5.56 Å². The Hall–Kier alpha value is -3.80. The molecule has 0 aliphatic carbocycles. The van der Waals surface area contributed by atoms with Crippen molar-refractivity contribution in [2.75, 3.05) is 19.8 Å². The van der Waals surface area contributed by atoms with E-state index in [1.54, 1.807) is 0 Å². The highest BCUT2D eigenvalue weighted by atomic mass is 16.5. The number of carboxylic acid groups (broad SMARTS) is 1. The Bertz CT molecular complexity index is 1220. The Kier molecular flexibility index (Phi) is 7.21. The minimum atomic E-state index is -0.844.